The van der Waals surface area contributed by atoms with Crippen molar-refractivity contribution in [2.75, 3.05) is 18.7 Å². The molecular formula is C27H27N3O4S. The zero-order chi connectivity index (χ0) is 23.5. The van der Waals surface area contributed by atoms with E-state index >= 15 is 0 Å². The summed E-state index contributed by atoms with van der Waals surface area (Å²) in [5, 5.41) is 14.2. The number of allylic oxidation sites excluding steroid dienone is 2. The van der Waals surface area contributed by atoms with Gasteiger partial charge in [0, 0.05) is 28.8 Å². The van der Waals surface area contributed by atoms with Crippen molar-refractivity contribution in [3.8, 4) is 11.5 Å². The van der Waals surface area contributed by atoms with Gasteiger partial charge in [0.15, 0.2) is 11.5 Å². The van der Waals surface area contributed by atoms with Crippen molar-refractivity contribution < 1.29 is 19.4 Å². The first-order valence-corrected chi connectivity index (χ1v) is 13.4. The lowest BCUT2D eigenvalue weighted by Gasteiger charge is -2.27. The maximum absolute atomic E-state index is 11.4. The summed E-state index contributed by atoms with van der Waals surface area (Å²) in [6.07, 6.45) is 8.66. The average molecular weight is 490 g/mol. The number of benzene rings is 1. The first-order valence-electron chi connectivity index (χ1n) is 12.6. The van der Waals surface area contributed by atoms with Crippen LogP contribution in [0.2, 0.25) is 0 Å². The molecule has 3 aliphatic carbocycles. The summed E-state index contributed by atoms with van der Waals surface area (Å²) in [6, 6.07) is 6.11. The summed E-state index contributed by atoms with van der Waals surface area (Å²) in [7, 11) is 0. The molecule has 7 rings (SSSR count). The molecule has 0 spiro atoms. The van der Waals surface area contributed by atoms with E-state index in [0.29, 0.717) is 18.8 Å². The van der Waals surface area contributed by atoms with Gasteiger partial charge in [-0.15, -0.1) is 11.3 Å². The Bertz CT molecular complexity index is 1370. The third-order valence-corrected chi connectivity index (χ3v) is 9.18. The fourth-order valence-electron chi connectivity index (χ4n) is 6.07. The minimum atomic E-state index is -0.677. The molecular weight excluding hydrogens is 462 g/mol. The highest BCUT2D eigenvalue weighted by atomic mass is 32.1. The van der Waals surface area contributed by atoms with E-state index in [1.165, 1.54) is 33.4 Å². The van der Waals surface area contributed by atoms with Gasteiger partial charge in [0.05, 0.1) is 11.3 Å². The predicted molar refractivity (Wildman–Crippen MR) is 134 cm³/mol. The number of anilines is 1. The van der Waals surface area contributed by atoms with Crippen molar-refractivity contribution in [2.45, 2.75) is 56.8 Å². The van der Waals surface area contributed by atoms with Gasteiger partial charge in [0.2, 0.25) is 6.79 Å². The van der Waals surface area contributed by atoms with Gasteiger partial charge in [-0.05, 0) is 68.2 Å². The monoisotopic (exact) mass is 489 g/mol. The summed E-state index contributed by atoms with van der Waals surface area (Å²) in [5.74, 6) is 3.30. The lowest BCUT2D eigenvalue weighted by molar-refractivity contribution is -0.142. The SMILES string of the molecule is O=C(O)C1CCC(c2nc(NCCc3ccc4c(c3)OCO4)c3c4c(sc3n2)C2CCC=C42)CC1. The second-order valence-electron chi connectivity index (χ2n) is 9.99. The van der Waals surface area contributed by atoms with E-state index in [1.54, 1.807) is 0 Å². The molecule has 4 aliphatic rings. The predicted octanol–water partition coefficient (Wildman–Crippen LogP) is 5.71. The summed E-state index contributed by atoms with van der Waals surface area (Å²) >= 11 is 1.83. The highest BCUT2D eigenvalue weighted by molar-refractivity contribution is 7.19. The number of nitrogens with one attached hydrogen (secondary N) is 1. The minimum Gasteiger partial charge on any atom is -0.481 e. The molecule has 2 aromatic heterocycles. The van der Waals surface area contributed by atoms with E-state index in [9.17, 15) is 9.90 Å². The third kappa shape index (κ3) is 3.49. The number of aromatic nitrogens is 2. The minimum absolute atomic E-state index is 0.220. The fourth-order valence-corrected chi connectivity index (χ4v) is 7.43. The lowest BCUT2D eigenvalue weighted by Crippen LogP contribution is -2.22. The zero-order valence-electron chi connectivity index (χ0n) is 19.4. The quantitative estimate of drug-likeness (QED) is 0.458. The number of carbonyl (C=O) groups is 1. The molecule has 35 heavy (non-hydrogen) atoms. The van der Waals surface area contributed by atoms with Crippen molar-refractivity contribution in [1.29, 1.82) is 0 Å². The second kappa shape index (κ2) is 8.22. The molecule has 0 amide bonds. The second-order valence-corrected chi connectivity index (χ2v) is 11.0. The van der Waals surface area contributed by atoms with Gasteiger partial charge in [0.25, 0.3) is 0 Å². The lowest BCUT2D eigenvalue weighted by atomic mass is 9.79. The van der Waals surface area contributed by atoms with E-state index in [1.807, 2.05) is 17.4 Å². The number of rotatable bonds is 6. The van der Waals surface area contributed by atoms with Crippen LogP contribution in [0.15, 0.2) is 24.3 Å². The topological polar surface area (TPSA) is 93.6 Å². The van der Waals surface area contributed by atoms with E-state index < -0.39 is 5.97 Å². The molecule has 1 aliphatic heterocycles. The molecule has 3 aromatic rings. The number of carboxylic acid groups (broad SMARTS) is 1. The van der Waals surface area contributed by atoms with Crippen LogP contribution >= 0.6 is 11.3 Å². The summed E-state index contributed by atoms with van der Waals surface area (Å²) in [6.45, 7) is 1.04. The van der Waals surface area contributed by atoms with Gasteiger partial charge in [-0.25, -0.2) is 9.97 Å². The molecule has 8 heteroatoms. The van der Waals surface area contributed by atoms with Crippen LogP contribution in [-0.2, 0) is 11.2 Å². The van der Waals surface area contributed by atoms with Crippen LogP contribution in [0.4, 0.5) is 5.82 Å². The van der Waals surface area contributed by atoms with Gasteiger partial charge in [0.1, 0.15) is 16.5 Å². The number of hydrogen-bond acceptors (Lipinski definition) is 7. The summed E-state index contributed by atoms with van der Waals surface area (Å²) in [4.78, 5) is 24.1. The maximum Gasteiger partial charge on any atom is 0.306 e. The summed E-state index contributed by atoms with van der Waals surface area (Å²) in [5.41, 5.74) is 4.03. The number of hydrogen-bond donors (Lipinski definition) is 2. The Balaban J connectivity index is 1.18. The van der Waals surface area contributed by atoms with Gasteiger partial charge >= 0.3 is 5.97 Å². The highest BCUT2D eigenvalue weighted by Gasteiger charge is 2.40. The van der Waals surface area contributed by atoms with E-state index in [-0.39, 0.29) is 18.6 Å². The Labute approximate surface area is 207 Å². The van der Waals surface area contributed by atoms with Crippen LogP contribution in [0.3, 0.4) is 0 Å². The number of carboxylic acids is 1. The smallest absolute Gasteiger partial charge is 0.306 e. The standard InChI is InChI=1S/C27H27N3O4S/c31-27(32)16-7-5-15(6-8-16)24-29-25(28-11-10-14-4-9-19-20(12-14)34-13-33-19)22-21-17-2-1-3-18(17)23(21)35-26(22)30-24/h2,4,9,12,15-16,18H,1,3,5-8,10-11,13H2,(H,31,32)(H,28,29,30). The Morgan fingerprint density at radius 2 is 1.97 bits per heavy atom. The van der Waals surface area contributed by atoms with Gasteiger partial charge in [-0.1, -0.05) is 12.1 Å². The molecule has 1 fully saturated rings. The van der Waals surface area contributed by atoms with E-state index in [4.69, 9.17) is 19.4 Å². The van der Waals surface area contributed by atoms with Crippen molar-refractivity contribution >= 4 is 38.9 Å². The molecule has 1 aromatic carbocycles. The first-order chi connectivity index (χ1) is 17.2. The largest absolute Gasteiger partial charge is 0.481 e. The Hall–Kier alpha value is -3.13. The Morgan fingerprint density at radius 3 is 2.83 bits per heavy atom. The molecule has 0 radical (unpaired) electrons. The highest BCUT2D eigenvalue weighted by Crippen LogP contribution is 2.59. The number of aliphatic carboxylic acids is 1. The van der Waals surface area contributed by atoms with Crippen LogP contribution in [0.25, 0.3) is 15.8 Å². The molecule has 0 bridgehead atoms. The molecule has 1 unspecified atom stereocenters. The van der Waals surface area contributed by atoms with Crippen LogP contribution in [0.1, 0.15) is 72.2 Å². The van der Waals surface area contributed by atoms with Crippen LogP contribution < -0.4 is 14.8 Å². The average Bonchev–Trinajstić information content (AvgIpc) is 3.58. The number of thiophene rings is 1. The van der Waals surface area contributed by atoms with Crippen molar-refractivity contribution in [1.82, 2.24) is 9.97 Å². The normalized spacial score (nSPS) is 24.0. The van der Waals surface area contributed by atoms with Crippen molar-refractivity contribution in [3.63, 3.8) is 0 Å². The van der Waals surface area contributed by atoms with Crippen molar-refractivity contribution in [3.05, 3.63) is 46.1 Å². The number of nitrogens with zero attached hydrogens (tertiary/aromatic N) is 2. The van der Waals surface area contributed by atoms with Crippen LogP contribution in [-0.4, -0.2) is 34.4 Å². The number of ether oxygens (including phenoxy) is 2. The van der Waals surface area contributed by atoms with Gasteiger partial charge < -0.3 is 19.9 Å². The fraction of sp³-hybridized carbons (Fsp3) is 0.444. The third-order valence-electron chi connectivity index (χ3n) is 7.98. The van der Waals surface area contributed by atoms with Gasteiger partial charge in [-0.2, -0.15) is 0 Å². The van der Waals surface area contributed by atoms with Gasteiger partial charge in [-0.3, -0.25) is 4.79 Å². The summed E-state index contributed by atoms with van der Waals surface area (Å²) < 4.78 is 11.0. The van der Waals surface area contributed by atoms with Crippen molar-refractivity contribution in [2.24, 2.45) is 5.92 Å². The molecule has 1 atom stereocenters. The molecule has 0 saturated heterocycles. The molecule has 2 N–H and O–H groups in total. The zero-order valence-corrected chi connectivity index (χ0v) is 20.2. The molecule has 180 valence electrons. The molecule has 3 heterocycles. The van der Waals surface area contributed by atoms with E-state index in [2.05, 4.69) is 23.5 Å². The van der Waals surface area contributed by atoms with Crippen LogP contribution in [0.5, 0.6) is 11.5 Å². The molecule has 1 saturated carbocycles. The van der Waals surface area contributed by atoms with E-state index in [0.717, 1.165) is 60.2 Å². The number of fused-ring (bicyclic) bond motifs is 7. The van der Waals surface area contributed by atoms with Crippen LogP contribution in [0, 0.1) is 5.92 Å². The molecule has 7 nitrogen and oxygen atoms in total. The Kier molecular flexibility index (Phi) is 4.98. The Morgan fingerprint density at radius 1 is 1.11 bits per heavy atom. The first kappa shape index (κ1) is 21.2. The maximum atomic E-state index is 11.4.